The van der Waals surface area contributed by atoms with Crippen molar-refractivity contribution >= 4 is 56.5 Å². The SMILES string of the molecule is C[C@@H](C#N)c1cc2cc(Nc3cc4n(n3)Cc3nccn3CC4)ncc2c(N)n1.C[C@H](C#N)c1cc2cc(Nc3cc4n(n3)Cc3nccn3CC4)ncc2c(N)n1. The van der Waals surface area contributed by atoms with Crippen LogP contribution in [0.4, 0.5) is 34.9 Å². The van der Waals surface area contributed by atoms with E-state index in [0.29, 0.717) is 47.7 Å². The number of pyridine rings is 4. The lowest BCUT2D eigenvalue weighted by Gasteiger charge is -2.09. The van der Waals surface area contributed by atoms with Crippen molar-refractivity contribution in [1.29, 1.82) is 10.5 Å². The number of hydrogen-bond acceptors (Lipinski definition) is 14. The summed E-state index contributed by atoms with van der Waals surface area (Å²) in [7, 11) is 0. The van der Waals surface area contributed by atoms with Gasteiger partial charge in [-0.2, -0.15) is 20.7 Å². The second-order valence-electron chi connectivity index (χ2n) is 14.3. The molecular weight excluding hydrogens is 733 g/mol. The molecule has 0 amide bonds. The smallest absolute Gasteiger partial charge is 0.153 e. The molecule has 18 heteroatoms. The summed E-state index contributed by atoms with van der Waals surface area (Å²) in [4.78, 5) is 26.4. The molecule has 0 aliphatic carbocycles. The molecule has 10 rings (SSSR count). The van der Waals surface area contributed by atoms with Gasteiger partial charge >= 0.3 is 0 Å². The van der Waals surface area contributed by atoms with Crippen LogP contribution >= 0.6 is 0 Å². The third-order valence-electron chi connectivity index (χ3n) is 10.4. The van der Waals surface area contributed by atoms with Crippen molar-refractivity contribution in [2.45, 2.75) is 64.7 Å². The van der Waals surface area contributed by atoms with Crippen molar-refractivity contribution in [2.24, 2.45) is 0 Å². The van der Waals surface area contributed by atoms with E-state index in [2.05, 4.69) is 72.0 Å². The van der Waals surface area contributed by atoms with Gasteiger partial charge in [0.25, 0.3) is 0 Å². The zero-order valence-electron chi connectivity index (χ0n) is 31.7. The summed E-state index contributed by atoms with van der Waals surface area (Å²) in [6.45, 7) is 6.68. The van der Waals surface area contributed by atoms with Gasteiger partial charge in [-0.25, -0.2) is 29.9 Å². The zero-order chi connectivity index (χ0) is 39.9. The fourth-order valence-corrected chi connectivity index (χ4v) is 7.20. The Kier molecular flexibility index (Phi) is 9.05. The van der Waals surface area contributed by atoms with E-state index in [1.165, 1.54) is 0 Å². The predicted octanol–water partition coefficient (Wildman–Crippen LogP) is 5.16. The highest BCUT2D eigenvalue weighted by atomic mass is 15.4. The maximum absolute atomic E-state index is 9.18. The molecule has 0 fully saturated rings. The van der Waals surface area contributed by atoms with Gasteiger partial charge in [0.15, 0.2) is 11.6 Å². The summed E-state index contributed by atoms with van der Waals surface area (Å²) in [6, 6.07) is 16.1. The second kappa shape index (κ2) is 14.7. The topological polar surface area (TPSA) is 247 Å². The number of aryl methyl sites for hydroxylation is 4. The molecule has 2 atom stereocenters. The van der Waals surface area contributed by atoms with Gasteiger partial charge in [-0.15, -0.1) is 0 Å². The number of nitriles is 2. The summed E-state index contributed by atoms with van der Waals surface area (Å²) in [5.74, 6) is 4.89. The highest BCUT2D eigenvalue weighted by molar-refractivity contribution is 5.93. The number of nitrogens with two attached hydrogens (primary N) is 2. The van der Waals surface area contributed by atoms with Crippen LogP contribution in [0.2, 0.25) is 0 Å². The van der Waals surface area contributed by atoms with Crippen molar-refractivity contribution in [3.8, 4) is 12.1 Å². The Morgan fingerprint density at radius 1 is 0.621 bits per heavy atom. The number of hydrogen-bond donors (Lipinski definition) is 4. The van der Waals surface area contributed by atoms with Crippen LogP contribution in [0.5, 0.6) is 0 Å². The maximum Gasteiger partial charge on any atom is 0.153 e. The standard InChI is InChI=1S/2C20H19N9/c2*1-12(9-21)16-6-13-7-17(24-10-15(13)20(22)25-16)26-18-8-14-2-4-28-5-3-23-19(28)11-29(14)27-18/h2*3,5-8,10,12H,2,4,11H2,1H3,(H2,22,25)(H,24,26,27)/t2*12-/m10/s1. The van der Waals surface area contributed by atoms with Gasteiger partial charge in [0.05, 0.1) is 48.5 Å². The van der Waals surface area contributed by atoms with Crippen molar-refractivity contribution in [3.63, 3.8) is 0 Å². The first-order valence-electron chi connectivity index (χ1n) is 18.8. The van der Waals surface area contributed by atoms with Gasteiger partial charge in [0.1, 0.15) is 34.9 Å². The van der Waals surface area contributed by atoms with E-state index in [9.17, 15) is 10.5 Å². The van der Waals surface area contributed by atoms with Gasteiger partial charge in [-0.05, 0) is 48.9 Å². The predicted molar refractivity (Wildman–Crippen MR) is 217 cm³/mol. The highest BCUT2D eigenvalue weighted by Crippen LogP contribution is 2.29. The molecule has 8 aromatic heterocycles. The maximum atomic E-state index is 9.18. The molecule has 0 bridgehead atoms. The van der Waals surface area contributed by atoms with Crippen LogP contribution in [0.25, 0.3) is 21.5 Å². The number of anilines is 6. The highest BCUT2D eigenvalue weighted by Gasteiger charge is 2.19. The van der Waals surface area contributed by atoms with E-state index in [1.54, 1.807) is 26.2 Å². The Hall–Kier alpha value is -7.86. The number of aromatic nitrogens is 12. The van der Waals surface area contributed by atoms with Gasteiger partial charge in [0, 0.05) is 97.4 Å². The minimum Gasteiger partial charge on any atom is -0.383 e. The van der Waals surface area contributed by atoms with Crippen LogP contribution in [-0.4, -0.2) is 58.6 Å². The van der Waals surface area contributed by atoms with Gasteiger partial charge < -0.3 is 31.2 Å². The molecule has 0 saturated carbocycles. The van der Waals surface area contributed by atoms with E-state index in [1.807, 2.05) is 70.5 Å². The summed E-state index contributed by atoms with van der Waals surface area (Å²) in [5, 5.41) is 37.5. The molecule has 10 heterocycles. The molecular formula is C40H38N18. The number of fused-ring (bicyclic) bond motifs is 6. The number of imidazole rings is 2. The van der Waals surface area contributed by atoms with Gasteiger partial charge in [0.2, 0.25) is 0 Å². The van der Waals surface area contributed by atoms with Crippen molar-refractivity contribution in [3.05, 3.63) is 108 Å². The normalized spacial score (nSPS) is 13.9. The van der Waals surface area contributed by atoms with E-state index in [0.717, 1.165) is 82.1 Å². The number of nitrogens with one attached hydrogen (secondary N) is 2. The molecule has 0 unspecified atom stereocenters. The molecule has 8 aromatic rings. The summed E-state index contributed by atoms with van der Waals surface area (Å²) in [6.07, 6.45) is 12.8. The molecule has 0 spiro atoms. The lowest BCUT2D eigenvalue weighted by Crippen LogP contribution is -2.06. The van der Waals surface area contributed by atoms with Crippen LogP contribution in [0.1, 0.15) is 60.1 Å². The molecule has 6 N–H and O–H groups in total. The fraction of sp³-hybridized carbons (Fsp3) is 0.250. The molecule has 18 nitrogen and oxygen atoms in total. The molecule has 0 radical (unpaired) electrons. The zero-order valence-corrected chi connectivity index (χ0v) is 31.7. The molecule has 0 saturated heterocycles. The third kappa shape index (κ3) is 6.94. The lowest BCUT2D eigenvalue weighted by molar-refractivity contribution is 0.641. The number of rotatable bonds is 6. The summed E-state index contributed by atoms with van der Waals surface area (Å²) in [5.41, 5.74) is 15.7. The average molecular weight is 771 g/mol. The fourth-order valence-electron chi connectivity index (χ4n) is 7.20. The first kappa shape index (κ1) is 35.8. The average Bonchev–Trinajstić information content (AvgIpc) is 4.01. The van der Waals surface area contributed by atoms with Gasteiger partial charge in [-0.3, -0.25) is 9.36 Å². The van der Waals surface area contributed by atoms with Crippen LogP contribution in [0, 0.1) is 22.7 Å². The Morgan fingerprint density at radius 3 is 1.50 bits per heavy atom. The Labute approximate surface area is 331 Å². The van der Waals surface area contributed by atoms with Crippen molar-refractivity contribution < 1.29 is 0 Å². The number of nitrogens with zero attached hydrogens (tertiary/aromatic N) is 14. The van der Waals surface area contributed by atoms with Crippen LogP contribution in [0.3, 0.4) is 0 Å². The Balaban J connectivity index is 0.000000150. The van der Waals surface area contributed by atoms with E-state index >= 15 is 0 Å². The van der Waals surface area contributed by atoms with Crippen molar-refractivity contribution in [2.75, 3.05) is 22.1 Å². The van der Waals surface area contributed by atoms with Crippen LogP contribution in [0.15, 0.2) is 73.6 Å². The monoisotopic (exact) mass is 770 g/mol. The third-order valence-corrected chi connectivity index (χ3v) is 10.4. The number of nitrogen functional groups attached to an aromatic ring is 2. The quantitative estimate of drug-likeness (QED) is 0.171. The Bertz CT molecular complexity index is 2720. The first-order chi connectivity index (χ1) is 28.2. The van der Waals surface area contributed by atoms with Crippen LogP contribution in [-0.2, 0) is 39.0 Å². The van der Waals surface area contributed by atoms with E-state index in [-0.39, 0.29) is 11.8 Å². The largest absolute Gasteiger partial charge is 0.383 e. The molecule has 2 aliphatic rings. The van der Waals surface area contributed by atoms with Crippen molar-refractivity contribution in [1.82, 2.24) is 58.6 Å². The lowest BCUT2D eigenvalue weighted by atomic mass is 10.1. The first-order valence-corrected chi connectivity index (χ1v) is 18.8. The second-order valence-corrected chi connectivity index (χ2v) is 14.3. The molecule has 0 aromatic carbocycles. The van der Waals surface area contributed by atoms with E-state index in [4.69, 9.17) is 11.5 Å². The minimum atomic E-state index is -0.331. The van der Waals surface area contributed by atoms with E-state index < -0.39 is 0 Å². The van der Waals surface area contributed by atoms with Gasteiger partial charge in [-0.1, -0.05) is 0 Å². The summed E-state index contributed by atoms with van der Waals surface area (Å²) >= 11 is 0. The molecule has 58 heavy (non-hydrogen) atoms. The molecule has 288 valence electrons. The molecule has 2 aliphatic heterocycles. The van der Waals surface area contributed by atoms with Crippen LogP contribution < -0.4 is 22.1 Å². The summed E-state index contributed by atoms with van der Waals surface area (Å²) < 4.78 is 8.27. The Morgan fingerprint density at radius 2 is 1.07 bits per heavy atom. The minimum absolute atomic E-state index is 0.331.